The molecular formula is C22H19N3O2S. The molecule has 4 rings (SSSR count). The number of carbonyl (C=O) groups excluding carboxylic acids is 1. The van der Waals surface area contributed by atoms with Gasteiger partial charge in [-0.2, -0.15) is 0 Å². The monoisotopic (exact) mass is 389 g/mol. The van der Waals surface area contributed by atoms with E-state index in [1.807, 2.05) is 35.7 Å². The van der Waals surface area contributed by atoms with Crippen LogP contribution >= 0.6 is 11.3 Å². The van der Waals surface area contributed by atoms with Crippen molar-refractivity contribution in [3.63, 3.8) is 0 Å². The van der Waals surface area contributed by atoms with Crippen LogP contribution in [0.15, 0.2) is 58.4 Å². The van der Waals surface area contributed by atoms with Gasteiger partial charge in [-0.25, -0.2) is 4.98 Å². The zero-order valence-electron chi connectivity index (χ0n) is 15.8. The van der Waals surface area contributed by atoms with E-state index in [2.05, 4.69) is 47.5 Å². The Kier molecular flexibility index (Phi) is 4.79. The van der Waals surface area contributed by atoms with Crippen molar-refractivity contribution >= 4 is 22.4 Å². The van der Waals surface area contributed by atoms with Crippen molar-refractivity contribution in [3.8, 4) is 22.5 Å². The van der Waals surface area contributed by atoms with Crippen molar-refractivity contribution in [1.82, 2.24) is 10.1 Å². The average Bonchev–Trinajstić information content (AvgIpc) is 3.29. The minimum atomic E-state index is -0.279. The summed E-state index contributed by atoms with van der Waals surface area (Å²) in [5.74, 6) is 0.196. The maximum atomic E-state index is 12.9. The number of aryl methyl sites for hydroxylation is 3. The second-order valence-corrected chi connectivity index (χ2v) is 7.50. The van der Waals surface area contributed by atoms with Crippen molar-refractivity contribution in [2.24, 2.45) is 0 Å². The van der Waals surface area contributed by atoms with Gasteiger partial charge >= 0.3 is 0 Å². The topological polar surface area (TPSA) is 68.0 Å². The Hall–Kier alpha value is -3.25. The number of carbonyl (C=O) groups is 1. The number of anilines is 1. The number of thiazole rings is 1. The standard InChI is InChI=1S/C22H19N3O2S/c1-13-9-10-17(14(2)11-13)18-12-28-22(23-18)24-21(26)19-15(3)27-25-20(19)16-7-5-4-6-8-16/h4-12H,1-3H3,(H,23,24,26). The smallest absolute Gasteiger partial charge is 0.263 e. The molecule has 0 saturated carbocycles. The fraction of sp³-hybridized carbons (Fsp3) is 0.136. The predicted octanol–water partition coefficient (Wildman–Crippen LogP) is 5.64. The molecule has 0 spiro atoms. The summed E-state index contributed by atoms with van der Waals surface area (Å²) in [6, 6.07) is 15.8. The van der Waals surface area contributed by atoms with Crippen LogP contribution in [-0.4, -0.2) is 16.0 Å². The van der Waals surface area contributed by atoms with Crippen molar-refractivity contribution in [2.75, 3.05) is 5.32 Å². The summed E-state index contributed by atoms with van der Waals surface area (Å²) in [7, 11) is 0. The van der Waals surface area contributed by atoms with E-state index in [0.717, 1.165) is 22.4 Å². The summed E-state index contributed by atoms with van der Waals surface area (Å²) < 4.78 is 5.28. The first-order chi connectivity index (χ1) is 13.5. The van der Waals surface area contributed by atoms with Gasteiger partial charge in [0.25, 0.3) is 5.91 Å². The fourth-order valence-corrected chi connectivity index (χ4v) is 3.85. The molecule has 1 N–H and O–H groups in total. The van der Waals surface area contributed by atoms with Crippen molar-refractivity contribution < 1.29 is 9.32 Å². The van der Waals surface area contributed by atoms with Crippen LogP contribution in [0.5, 0.6) is 0 Å². The van der Waals surface area contributed by atoms with Crippen molar-refractivity contribution in [2.45, 2.75) is 20.8 Å². The summed E-state index contributed by atoms with van der Waals surface area (Å²) in [4.78, 5) is 17.5. The van der Waals surface area contributed by atoms with Crippen LogP contribution in [0.25, 0.3) is 22.5 Å². The van der Waals surface area contributed by atoms with E-state index in [0.29, 0.717) is 22.1 Å². The van der Waals surface area contributed by atoms with E-state index < -0.39 is 0 Å². The van der Waals surface area contributed by atoms with Crippen LogP contribution in [0.2, 0.25) is 0 Å². The molecule has 0 aliphatic carbocycles. The number of nitrogens with zero attached hydrogens (tertiary/aromatic N) is 2. The third kappa shape index (κ3) is 3.46. The minimum Gasteiger partial charge on any atom is -0.360 e. The number of hydrogen-bond donors (Lipinski definition) is 1. The molecule has 28 heavy (non-hydrogen) atoms. The van der Waals surface area contributed by atoms with Gasteiger partial charge in [-0.1, -0.05) is 59.3 Å². The highest BCUT2D eigenvalue weighted by molar-refractivity contribution is 7.14. The normalized spacial score (nSPS) is 10.8. The molecule has 2 heterocycles. The largest absolute Gasteiger partial charge is 0.360 e. The molecule has 0 atom stereocenters. The van der Waals surface area contributed by atoms with E-state index in [-0.39, 0.29) is 5.91 Å². The third-order valence-electron chi connectivity index (χ3n) is 4.52. The van der Waals surface area contributed by atoms with E-state index in [9.17, 15) is 4.79 Å². The molecule has 0 aliphatic rings. The molecule has 0 bridgehead atoms. The molecule has 2 aromatic carbocycles. The highest BCUT2D eigenvalue weighted by Gasteiger charge is 2.22. The quantitative estimate of drug-likeness (QED) is 0.490. The minimum absolute atomic E-state index is 0.279. The van der Waals surface area contributed by atoms with Gasteiger partial charge in [0.15, 0.2) is 5.13 Å². The van der Waals surface area contributed by atoms with Gasteiger partial charge in [0.1, 0.15) is 17.0 Å². The summed E-state index contributed by atoms with van der Waals surface area (Å²) in [5, 5.41) is 9.44. The maximum absolute atomic E-state index is 12.9. The number of benzene rings is 2. The predicted molar refractivity (Wildman–Crippen MR) is 112 cm³/mol. The van der Waals surface area contributed by atoms with Crippen LogP contribution in [0.4, 0.5) is 5.13 Å². The summed E-state index contributed by atoms with van der Waals surface area (Å²) in [6.07, 6.45) is 0. The molecule has 4 aromatic rings. The Morgan fingerprint density at radius 1 is 1.07 bits per heavy atom. The van der Waals surface area contributed by atoms with Gasteiger partial charge in [0.2, 0.25) is 0 Å². The number of nitrogens with one attached hydrogen (secondary N) is 1. The van der Waals surface area contributed by atoms with E-state index in [1.165, 1.54) is 16.9 Å². The van der Waals surface area contributed by atoms with Crippen LogP contribution in [0.1, 0.15) is 27.2 Å². The first kappa shape index (κ1) is 18.1. The second kappa shape index (κ2) is 7.40. The molecule has 6 heteroatoms. The number of aromatic nitrogens is 2. The third-order valence-corrected chi connectivity index (χ3v) is 5.28. The molecule has 0 unspecified atom stereocenters. The fourth-order valence-electron chi connectivity index (χ4n) is 3.15. The molecular weight excluding hydrogens is 370 g/mol. The molecule has 0 saturated heterocycles. The molecule has 1 amide bonds. The summed E-state index contributed by atoms with van der Waals surface area (Å²) in [5.41, 5.74) is 6.07. The SMILES string of the molecule is Cc1ccc(-c2csc(NC(=O)c3c(-c4ccccc4)noc3C)n2)c(C)c1. The lowest BCUT2D eigenvalue weighted by Crippen LogP contribution is -2.13. The van der Waals surface area contributed by atoms with Crippen LogP contribution < -0.4 is 5.32 Å². The van der Waals surface area contributed by atoms with Gasteiger partial charge in [-0.05, 0) is 26.3 Å². The lowest BCUT2D eigenvalue weighted by molar-refractivity contribution is 0.102. The molecule has 140 valence electrons. The Balaban J connectivity index is 1.61. The van der Waals surface area contributed by atoms with Gasteiger partial charge in [0.05, 0.1) is 5.69 Å². The first-order valence-electron chi connectivity index (χ1n) is 8.89. The zero-order valence-corrected chi connectivity index (χ0v) is 16.6. The van der Waals surface area contributed by atoms with Crippen LogP contribution in [0, 0.1) is 20.8 Å². The molecule has 2 aromatic heterocycles. The van der Waals surface area contributed by atoms with E-state index >= 15 is 0 Å². The zero-order chi connectivity index (χ0) is 19.7. The highest BCUT2D eigenvalue weighted by Crippen LogP contribution is 2.30. The van der Waals surface area contributed by atoms with Gasteiger partial charge in [0, 0.05) is 16.5 Å². The molecule has 5 nitrogen and oxygen atoms in total. The van der Waals surface area contributed by atoms with Crippen LogP contribution in [-0.2, 0) is 0 Å². The van der Waals surface area contributed by atoms with E-state index in [4.69, 9.17) is 4.52 Å². The molecule has 0 radical (unpaired) electrons. The second-order valence-electron chi connectivity index (χ2n) is 6.64. The number of rotatable bonds is 4. The Morgan fingerprint density at radius 3 is 2.61 bits per heavy atom. The van der Waals surface area contributed by atoms with Gasteiger partial charge in [-0.15, -0.1) is 11.3 Å². The number of hydrogen-bond acceptors (Lipinski definition) is 5. The van der Waals surface area contributed by atoms with Gasteiger partial charge < -0.3 is 4.52 Å². The summed E-state index contributed by atoms with van der Waals surface area (Å²) in [6.45, 7) is 5.86. The van der Waals surface area contributed by atoms with Crippen molar-refractivity contribution in [1.29, 1.82) is 0 Å². The summed E-state index contributed by atoms with van der Waals surface area (Å²) >= 11 is 1.40. The maximum Gasteiger partial charge on any atom is 0.263 e. The first-order valence-corrected chi connectivity index (χ1v) is 9.77. The molecule has 0 fully saturated rings. The Bertz CT molecular complexity index is 1150. The van der Waals surface area contributed by atoms with Gasteiger partial charge in [-0.3, -0.25) is 10.1 Å². The van der Waals surface area contributed by atoms with E-state index in [1.54, 1.807) is 6.92 Å². The van der Waals surface area contributed by atoms with Crippen molar-refractivity contribution in [3.05, 3.63) is 76.4 Å². The Morgan fingerprint density at radius 2 is 1.86 bits per heavy atom. The highest BCUT2D eigenvalue weighted by atomic mass is 32.1. The number of amides is 1. The lowest BCUT2D eigenvalue weighted by Gasteiger charge is -2.04. The molecule has 0 aliphatic heterocycles. The lowest BCUT2D eigenvalue weighted by atomic mass is 10.0. The Labute approximate surface area is 167 Å². The average molecular weight is 389 g/mol. The van der Waals surface area contributed by atoms with Crippen LogP contribution in [0.3, 0.4) is 0 Å².